The predicted molar refractivity (Wildman–Crippen MR) is 90.8 cm³/mol. The molecule has 2 aromatic rings. The highest BCUT2D eigenvalue weighted by Gasteiger charge is 2.22. The van der Waals surface area contributed by atoms with E-state index in [1.54, 1.807) is 54.5 Å². The molecule has 2 rings (SSSR count). The number of sulfone groups is 1. The number of methoxy groups -OCH3 is 1. The molecule has 1 atom stereocenters. The smallest absolute Gasteiger partial charge is 0.259 e. The monoisotopic (exact) mass is 348 g/mol. The summed E-state index contributed by atoms with van der Waals surface area (Å²) in [5.74, 6) is 0.0496. The summed E-state index contributed by atoms with van der Waals surface area (Å²) in [4.78, 5) is 18.5. The molecule has 0 aliphatic heterocycles. The summed E-state index contributed by atoms with van der Waals surface area (Å²) in [6, 6.07) is 9.61. The number of carbonyl (C=O) groups is 1. The first-order valence-corrected chi connectivity index (χ1v) is 9.21. The van der Waals surface area contributed by atoms with Gasteiger partial charge in [-0.05, 0) is 36.8 Å². The molecule has 0 aliphatic carbocycles. The van der Waals surface area contributed by atoms with E-state index >= 15 is 0 Å². The number of aromatic nitrogens is 1. The average Bonchev–Trinajstić information content (AvgIpc) is 2.59. The van der Waals surface area contributed by atoms with Crippen molar-refractivity contribution in [1.29, 1.82) is 0 Å². The molecule has 0 bridgehead atoms. The normalized spacial score (nSPS) is 12.5. The van der Waals surface area contributed by atoms with Gasteiger partial charge in [-0.15, -0.1) is 0 Å². The second-order valence-electron chi connectivity index (χ2n) is 5.49. The Kier molecular flexibility index (Phi) is 5.23. The van der Waals surface area contributed by atoms with Crippen LogP contribution >= 0.6 is 0 Å². The molecule has 0 spiro atoms. The number of amides is 1. The Morgan fingerprint density at radius 1 is 1.21 bits per heavy atom. The minimum absolute atomic E-state index is 0.223. The van der Waals surface area contributed by atoms with Crippen LogP contribution in [-0.2, 0) is 9.84 Å². The zero-order valence-corrected chi connectivity index (χ0v) is 14.9. The van der Waals surface area contributed by atoms with Crippen LogP contribution < -0.4 is 4.74 Å². The maximum Gasteiger partial charge on any atom is 0.259 e. The molecule has 1 amide bonds. The van der Waals surface area contributed by atoms with Gasteiger partial charge < -0.3 is 9.64 Å². The summed E-state index contributed by atoms with van der Waals surface area (Å²) in [6.45, 7) is 1.87. The number of benzene rings is 1. The fourth-order valence-corrected chi connectivity index (χ4v) is 2.93. The molecule has 6 nitrogen and oxygen atoms in total. The Hall–Kier alpha value is -2.41. The highest BCUT2D eigenvalue weighted by atomic mass is 32.2. The largest absolute Gasteiger partial charge is 0.480 e. The van der Waals surface area contributed by atoms with Gasteiger partial charge in [-0.2, -0.15) is 0 Å². The second-order valence-corrected chi connectivity index (χ2v) is 7.51. The van der Waals surface area contributed by atoms with Crippen molar-refractivity contribution in [1.82, 2.24) is 9.88 Å². The molecule has 0 unspecified atom stereocenters. The Bertz CT molecular complexity index is 832. The van der Waals surface area contributed by atoms with Crippen molar-refractivity contribution in [2.75, 3.05) is 20.4 Å². The Morgan fingerprint density at radius 2 is 1.83 bits per heavy atom. The molecule has 0 aliphatic rings. The van der Waals surface area contributed by atoms with Crippen LogP contribution in [0.4, 0.5) is 0 Å². The van der Waals surface area contributed by atoms with Crippen molar-refractivity contribution in [3.05, 3.63) is 53.7 Å². The molecular formula is C17H20N2O4S. The molecular weight excluding hydrogens is 328 g/mol. The molecule has 0 N–H and O–H groups in total. The van der Waals surface area contributed by atoms with E-state index in [0.717, 1.165) is 11.8 Å². The van der Waals surface area contributed by atoms with E-state index in [0.29, 0.717) is 5.56 Å². The van der Waals surface area contributed by atoms with Gasteiger partial charge in [0.05, 0.1) is 18.0 Å². The third-order valence-corrected chi connectivity index (χ3v) is 5.02. The summed E-state index contributed by atoms with van der Waals surface area (Å²) in [6.07, 6.45) is 2.72. The maximum atomic E-state index is 12.7. The zero-order valence-electron chi connectivity index (χ0n) is 14.1. The van der Waals surface area contributed by atoms with E-state index in [4.69, 9.17) is 4.74 Å². The van der Waals surface area contributed by atoms with Crippen LogP contribution in [-0.4, -0.2) is 44.6 Å². The van der Waals surface area contributed by atoms with Crippen molar-refractivity contribution in [3.63, 3.8) is 0 Å². The van der Waals surface area contributed by atoms with Crippen LogP contribution in [0.15, 0.2) is 47.5 Å². The maximum absolute atomic E-state index is 12.7. The highest BCUT2D eigenvalue weighted by molar-refractivity contribution is 7.90. The molecule has 0 fully saturated rings. The van der Waals surface area contributed by atoms with Gasteiger partial charge in [-0.1, -0.05) is 12.1 Å². The number of pyridine rings is 1. The first-order chi connectivity index (χ1) is 11.3. The summed E-state index contributed by atoms with van der Waals surface area (Å²) < 4.78 is 28.2. The molecule has 0 saturated heterocycles. The van der Waals surface area contributed by atoms with Gasteiger partial charge in [0.1, 0.15) is 5.56 Å². The summed E-state index contributed by atoms with van der Waals surface area (Å²) >= 11 is 0. The van der Waals surface area contributed by atoms with Crippen LogP contribution in [0.5, 0.6) is 5.88 Å². The van der Waals surface area contributed by atoms with Gasteiger partial charge >= 0.3 is 0 Å². The Morgan fingerprint density at radius 3 is 2.38 bits per heavy atom. The predicted octanol–water partition coefficient (Wildman–Crippen LogP) is 2.33. The lowest BCUT2D eigenvalue weighted by Gasteiger charge is -2.26. The third kappa shape index (κ3) is 3.73. The Balaban J connectivity index is 2.25. The first-order valence-electron chi connectivity index (χ1n) is 7.32. The number of hydrogen-bond acceptors (Lipinski definition) is 5. The molecule has 0 saturated carbocycles. The minimum atomic E-state index is -3.24. The lowest BCUT2D eigenvalue weighted by molar-refractivity contribution is 0.0738. The number of rotatable bonds is 5. The molecule has 24 heavy (non-hydrogen) atoms. The van der Waals surface area contributed by atoms with Gasteiger partial charge in [0.15, 0.2) is 9.84 Å². The van der Waals surface area contributed by atoms with E-state index in [9.17, 15) is 13.2 Å². The van der Waals surface area contributed by atoms with Crippen LogP contribution in [0, 0.1) is 0 Å². The second kappa shape index (κ2) is 7.00. The minimum Gasteiger partial charge on any atom is -0.480 e. The fraction of sp³-hybridized carbons (Fsp3) is 0.294. The lowest BCUT2D eigenvalue weighted by Crippen LogP contribution is -2.30. The van der Waals surface area contributed by atoms with Crippen molar-refractivity contribution >= 4 is 15.7 Å². The Labute approximate surface area is 142 Å². The first kappa shape index (κ1) is 17.9. The van der Waals surface area contributed by atoms with Gasteiger partial charge in [-0.25, -0.2) is 13.4 Å². The van der Waals surface area contributed by atoms with Crippen LogP contribution in [0.3, 0.4) is 0 Å². The van der Waals surface area contributed by atoms with E-state index < -0.39 is 9.84 Å². The molecule has 1 heterocycles. The van der Waals surface area contributed by atoms with Crippen molar-refractivity contribution in [2.45, 2.75) is 17.9 Å². The van der Waals surface area contributed by atoms with Gasteiger partial charge in [-0.3, -0.25) is 4.79 Å². The van der Waals surface area contributed by atoms with E-state index in [2.05, 4.69) is 4.98 Å². The fourth-order valence-electron chi connectivity index (χ4n) is 2.30. The van der Waals surface area contributed by atoms with Crippen molar-refractivity contribution < 1.29 is 17.9 Å². The zero-order chi connectivity index (χ0) is 17.9. The van der Waals surface area contributed by atoms with E-state index in [-0.39, 0.29) is 22.7 Å². The standard InChI is InChI=1S/C17H20N2O4S/c1-12(13-7-9-14(10-8-13)24(4,21)22)19(2)17(20)15-6-5-11-18-16(15)23-3/h5-12H,1-4H3/t12-/m1/s1. The highest BCUT2D eigenvalue weighted by Crippen LogP contribution is 2.24. The van der Waals surface area contributed by atoms with Gasteiger partial charge in [0, 0.05) is 19.5 Å². The summed E-state index contributed by atoms with van der Waals surface area (Å²) in [5.41, 5.74) is 1.21. The number of nitrogens with zero attached hydrogens (tertiary/aromatic N) is 2. The SMILES string of the molecule is COc1ncccc1C(=O)N(C)[C@H](C)c1ccc(S(C)(=O)=O)cc1. The van der Waals surface area contributed by atoms with Gasteiger partial charge in [0.25, 0.3) is 5.91 Å². The quantitative estimate of drug-likeness (QED) is 0.829. The van der Waals surface area contributed by atoms with Crippen LogP contribution in [0.1, 0.15) is 28.9 Å². The van der Waals surface area contributed by atoms with E-state index in [1.165, 1.54) is 7.11 Å². The molecule has 0 radical (unpaired) electrons. The summed E-state index contributed by atoms with van der Waals surface area (Å²) in [5, 5.41) is 0. The van der Waals surface area contributed by atoms with Crippen LogP contribution in [0.25, 0.3) is 0 Å². The van der Waals surface area contributed by atoms with Crippen molar-refractivity contribution in [3.8, 4) is 5.88 Å². The molecule has 1 aromatic carbocycles. The number of ether oxygens (including phenoxy) is 1. The third-order valence-electron chi connectivity index (χ3n) is 3.89. The molecule has 128 valence electrons. The molecule has 1 aromatic heterocycles. The molecule has 7 heteroatoms. The van der Waals surface area contributed by atoms with Crippen molar-refractivity contribution in [2.24, 2.45) is 0 Å². The summed E-state index contributed by atoms with van der Waals surface area (Å²) in [7, 11) is -0.0900. The van der Waals surface area contributed by atoms with E-state index in [1.807, 2.05) is 6.92 Å². The van der Waals surface area contributed by atoms with Gasteiger partial charge in [0.2, 0.25) is 5.88 Å². The number of carbonyl (C=O) groups excluding carboxylic acids is 1. The number of hydrogen-bond donors (Lipinski definition) is 0. The average molecular weight is 348 g/mol. The topological polar surface area (TPSA) is 76.6 Å². The lowest BCUT2D eigenvalue weighted by atomic mass is 10.1. The van der Waals surface area contributed by atoms with Crippen LogP contribution in [0.2, 0.25) is 0 Å².